The van der Waals surface area contributed by atoms with Gasteiger partial charge in [-0.2, -0.15) is 0 Å². The highest BCUT2D eigenvalue weighted by Crippen LogP contribution is 2.48. The molecule has 1 aliphatic carbocycles. The number of amidine groups is 1. The highest BCUT2D eigenvalue weighted by molar-refractivity contribution is 5.80. The van der Waals surface area contributed by atoms with E-state index in [0.29, 0.717) is 12.3 Å². The van der Waals surface area contributed by atoms with Crippen molar-refractivity contribution in [1.29, 1.82) is 0 Å². The zero-order valence-corrected chi connectivity index (χ0v) is 10.9. The maximum Gasteiger partial charge on any atom is 0.139 e. The van der Waals surface area contributed by atoms with Crippen molar-refractivity contribution in [3.05, 3.63) is 17.0 Å². The molecule has 0 saturated heterocycles. The van der Waals surface area contributed by atoms with Crippen molar-refractivity contribution in [3.8, 4) is 0 Å². The molecule has 1 heterocycles. The summed E-state index contributed by atoms with van der Waals surface area (Å²) in [6, 6.07) is 0. The first kappa shape index (κ1) is 12.9. The van der Waals surface area contributed by atoms with Gasteiger partial charge in [0.15, 0.2) is 0 Å². The minimum Gasteiger partial charge on any atom is -0.409 e. The summed E-state index contributed by atoms with van der Waals surface area (Å²) in [5.74, 6) is 1.17. The molecule has 1 fully saturated rings. The fourth-order valence-corrected chi connectivity index (χ4v) is 2.22. The molecule has 0 bridgehead atoms. The third-order valence-corrected chi connectivity index (χ3v) is 3.62. The molecular weight excluding hydrogens is 232 g/mol. The molecular formula is C12H20N4O2. The second kappa shape index (κ2) is 4.97. The normalized spacial score (nSPS) is 18.0. The van der Waals surface area contributed by atoms with Crippen LogP contribution in [0.25, 0.3) is 0 Å². The average Bonchev–Trinajstić information content (AvgIpc) is 3.03. The molecule has 0 spiro atoms. The fraction of sp³-hybridized carbons (Fsp3) is 0.667. The summed E-state index contributed by atoms with van der Waals surface area (Å²) in [6.45, 7) is 5.48. The van der Waals surface area contributed by atoms with Crippen LogP contribution >= 0.6 is 0 Å². The van der Waals surface area contributed by atoms with Gasteiger partial charge in [0.05, 0.1) is 5.69 Å². The summed E-state index contributed by atoms with van der Waals surface area (Å²) in [5, 5.41) is 19.0. The van der Waals surface area contributed by atoms with Crippen LogP contribution in [-0.2, 0) is 6.54 Å². The van der Waals surface area contributed by atoms with Crippen LogP contribution in [0.1, 0.15) is 36.3 Å². The first-order chi connectivity index (χ1) is 8.56. The Balaban J connectivity index is 1.82. The van der Waals surface area contributed by atoms with E-state index < -0.39 is 0 Å². The molecule has 0 aromatic carbocycles. The quantitative estimate of drug-likeness (QED) is 0.307. The molecule has 0 amide bonds. The van der Waals surface area contributed by atoms with Crippen LogP contribution in [0.4, 0.5) is 0 Å². The largest absolute Gasteiger partial charge is 0.409 e. The van der Waals surface area contributed by atoms with E-state index >= 15 is 0 Å². The van der Waals surface area contributed by atoms with Crippen molar-refractivity contribution in [2.24, 2.45) is 16.3 Å². The maximum atomic E-state index is 8.60. The lowest BCUT2D eigenvalue weighted by molar-refractivity contribution is 0.314. The second-order valence-electron chi connectivity index (χ2n) is 5.17. The van der Waals surface area contributed by atoms with Gasteiger partial charge in [-0.25, -0.2) is 0 Å². The van der Waals surface area contributed by atoms with E-state index in [-0.39, 0.29) is 5.41 Å². The minimum absolute atomic E-state index is 0.176. The molecule has 0 atom stereocenters. The van der Waals surface area contributed by atoms with Gasteiger partial charge in [0.2, 0.25) is 0 Å². The van der Waals surface area contributed by atoms with Crippen LogP contribution in [0.2, 0.25) is 0 Å². The third-order valence-electron chi connectivity index (χ3n) is 3.62. The number of nitrogens with two attached hydrogens (primary N) is 1. The number of aromatic nitrogens is 1. The first-order valence-corrected chi connectivity index (χ1v) is 6.15. The second-order valence-corrected chi connectivity index (χ2v) is 5.17. The predicted molar refractivity (Wildman–Crippen MR) is 67.4 cm³/mol. The molecule has 6 heteroatoms. The number of aryl methyl sites for hydroxylation is 2. The number of rotatable bonds is 6. The van der Waals surface area contributed by atoms with Crippen LogP contribution < -0.4 is 11.1 Å². The summed E-state index contributed by atoms with van der Waals surface area (Å²) >= 11 is 0. The predicted octanol–water partition coefficient (Wildman–Crippen LogP) is 1.30. The van der Waals surface area contributed by atoms with Crippen molar-refractivity contribution < 1.29 is 9.73 Å². The Morgan fingerprint density at radius 3 is 2.78 bits per heavy atom. The Morgan fingerprint density at radius 2 is 2.28 bits per heavy atom. The topological polar surface area (TPSA) is 96.7 Å². The molecule has 18 heavy (non-hydrogen) atoms. The van der Waals surface area contributed by atoms with E-state index in [9.17, 15) is 0 Å². The van der Waals surface area contributed by atoms with E-state index in [2.05, 4.69) is 15.6 Å². The van der Waals surface area contributed by atoms with Crippen molar-refractivity contribution in [2.45, 2.75) is 39.7 Å². The van der Waals surface area contributed by atoms with E-state index in [1.165, 1.54) is 0 Å². The smallest absolute Gasteiger partial charge is 0.139 e. The van der Waals surface area contributed by atoms with Gasteiger partial charge in [-0.1, -0.05) is 10.3 Å². The number of oxime groups is 1. The average molecular weight is 252 g/mol. The van der Waals surface area contributed by atoms with Gasteiger partial charge in [-0.15, -0.1) is 0 Å². The van der Waals surface area contributed by atoms with Crippen molar-refractivity contribution in [3.63, 3.8) is 0 Å². The molecule has 100 valence electrons. The number of nitrogens with zero attached hydrogens (tertiary/aromatic N) is 2. The van der Waals surface area contributed by atoms with E-state index in [1.807, 2.05) is 13.8 Å². The monoisotopic (exact) mass is 252 g/mol. The van der Waals surface area contributed by atoms with Crippen molar-refractivity contribution in [1.82, 2.24) is 10.5 Å². The van der Waals surface area contributed by atoms with Gasteiger partial charge in [-0.3, -0.25) is 0 Å². The standard InChI is InChI=1S/C12H20N4O2/c1-8-10(9(2)18-16-8)6-14-7-12(3-4-12)5-11(13)15-17/h14,17H,3-7H2,1-2H3,(H2,13,15). The molecule has 0 unspecified atom stereocenters. The molecule has 1 saturated carbocycles. The molecule has 2 rings (SSSR count). The van der Waals surface area contributed by atoms with E-state index in [0.717, 1.165) is 42.9 Å². The molecule has 6 nitrogen and oxygen atoms in total. The molecule has 1 aromatic heterocycles. The van der Waals surface area contributed by atoms with Crippen LogP contribution in [0, 0.1) is 19.3 Å². The van der Waals surface area contributed by atoms with Gasteiger partial charge >= 0.3 is 0 Å². The van der Waals surface area contributed by atoms with Crippen molar-refractivity contribution >= 4 is 5.84 Å². The zero-order chi connectivity index (χ0) is 13.2. The summed E-state index contributed by atoms with van der Waals surface area (Å²) in [6.07, 6.45) is 2.90. The highest BCUT2D eigenvalue weighted by atomic mass is 16.5. The lowest BCUT2D eigenvalue weighted by atomic mass is 10.0. The van der Waals surface area contributed by atoms with Gasteiger partial charge in [0.25, 0.3) is 0 Å². The van der Waals surface area contributed by atoms with Crippen LogP contribution in [0.5, 0.6) is 0 Å². The number of nitrogens with one attached hydrogen (secondary N) is 1. The molecule has 0 aliphatic heterocycles. The zero-order valence-electron chi connectivity index (χ0n) is 10.9. The third kappa shape index (κ3) is 2.81. The lowest BCUT2D eigenvalue weighted by Gasteiger charge is -2.14. The number of hydrogen-bond donors (Lipinski definition) is 3. The van der Waals surface area contributed by atoms with Crippen molar-refractivity contribution in [2.75, 3.05) is 6.54 Å². The highest BCUT2D eigenvalue weighted by Gasteiger charge is 2.42. The maximum absolute atomic E-state index is 8.60. The minimum atomic E-state index is 0.176. The van der Waals surface area contributed by atoms with E-state index in [4.69, 9.17) is 15.5 Å². The Bertz CT molecular complexity index is 429. The Morgan fingerprint density at radius 1 is 1.56 bits per heavy atom. The summed E-state index contributed by atoms with van der Waals surface area (Å²) in [5.41, 5.74) is 7.79. The molecule has 1 aliphatic rings. The summed E-state index contributed by atoms with van der Waals surface area (Å²) < 4.78 is 5.11. The molecule has 1 aromatic rings. The Hall–Kier alpha value is -1.56. The lowest BCUT2D eigenvalue weighted by Crippen LogP contribution is -2.28. The summed E-state index contributed by atoms with van der Waals surface area (Å²) in [7, 11) is 0. The number of hydrogen-bond acceptors (Lipinski definition) is 5. The van der Waals surface area contributed by atoms with Gasteiger partial charge in [-0.05, 0) is 32.1 Å². The van der Waals surface area contributed by atoms with Gasteiger partial charge in [0.1, 0.15) is 11.6 Å². The SMILES string of the molecule is Cc1noc(C)c1CNCC1(CC(N)=NO)CC1. The van der Waals surface area contributed by atoms with Crippen LogP contribution in [0.3, 0.4) is 0 Å². The molecule has 4 N–H and O–H groups in total. The van der Waals surface area contributed by atoms with Gasteiger partial charge < -0.3 is 20.8 Å². The van der Waals surface area contributed by atoms with Crippen LogP contribution in [-0.4, -0.2) is 22.7 Å². The fourth-order valence-electron chi connectivity index (χ4n) is 2.22. The Labute approximate surface area is 106 Å². The Kier molecular flexibility index (Phi) is 3.56. The van der Waals surface area contributed by atoms with Crippen LogP contribution in [0.15, 0.2) is 9.68 Å². The van der Waals surface area contributed by atoms with E-state index in [1.54, 1.807) is 0 Å². The van der Waals surface area contributed by atoms with Gasteiger partial charge in [0, 0.05) is 25.1 Å². The summed E-state index contributed by atoms with van der Waals surface area (Å²) in [4.78, 5) is 0. The molecule has 0 radical (unpaired) electrons. The first-order valence-electron chi connectivity index (χ1n) is 6.15.